The molecule has 0 spiro atoms. The van der Waals surface area contributed by atoms with E-state index in [1.807, 2.05) is 37.1 Å². The van der Waals surface area contributed by atoms with Gasteiger partial charge in [0.2, 0.25) is 0 Å². The number of nitrogens with zero attached hydrogens (tertiary/aromatic N) is 1. The zero-order valence-corrected chi connectivity index (χ0v) is 13.2. The minimum Gasteiger partial charge on any atom is -0.367 e. The number of anilines is 1. The molecule has 1 N–H and O–H groups in total. The molecule has 0 bridgehead atoms. The van der Waals surface area contributed by atoms with Crippen LogP contribution in [0.5, 0.6) is 0 Å². The Morgan fingerprint density at radius 2 is 2.10 bits per heavy atom. The largest absolute Gasteiger partial charge is 0.367 e. The molecular weight excluding hydrogens is 295 g/mol. The van der Waals surface area contributed by atoms with E-state index in [-0.39, 0.29) is 5.82 Å². The Morgan fingerprint density at radius 3 is 2.75 bits per heavy atom. The van der Waals surface area contributed by atoms with Crippen molar-refractivity contribution in [3.8, 4) is 0 Å². The van der Waals surface area contributed by atoms with Crippen LogP contribution in [-0.4, -0.2) is 13.6 Å². The summed E-state index contributed by atoms with van der Waals surface area (Å²) < 4.78 is 14.9. The Morgan fingerprint density at radius 1 is 1.30 bits per heavy atom. The Kier molecular flexibility index (Phi) is 5.40. The van der Waals surface area contributed by atoms with E-state index in [4.69, 9.17) is 11.6 Å². The summed E-state index contributed by atoms with van der Waals surface area (Å²) in [6, 6.07) is 9.06. The molecule has 2 aromatic rings. The molecule has 0 fully saturated rings. The first kappa shape index (κ1) is 15.3. The average Bonchev–Trinajstić information content (AvgIpc) is 2.81. The average molecular weight is 313 g/mol. The van der Waals surface area contributed by atoms with E-state index in [0.717, 1.165) is 21.3 Å². The van der Waals surface area contributed by atoms with Crippen LogP contribution in [0.4, 0.5) is 10.1 Å². The van der Waals surface area contributed by atoms with Gasteiger partial charge in [0, 0.05) is 18.5 Å². The molecule has 2 nitrogen and oxygen atoms in total. The van der Waals surface area contributed by atoms with Crippen molar-refractivity contribution in [1.29, 1.82) is 0 Å². The minimum absolute atomic E-state index is 0.189. The highest BCUT2D eigenvalue weighted by molar-refractivity contribution is 7.16. The molecule has 0 saturated heterocycles. The molecule has 5 heteroatoms. The Bertz CT molecular complexity index is 571. The van der Waals surface area contributed by atoms with Crippen LogP contribution in [-0.2, 0) is 13.1 Å². The zero-order valence-electron chi connectivity index (χ0n) is 11.6. The van der Waals surface area contributed by atoms with Crippen molar-refractivity contribution in [3.63, 3.8) is 0 Å². The molecule has 0 aliphatic heterocycles. The molecule has 1 aromatic heterocycles. The van der Waals surface area contributed by atoms with E-state index in [0.29, 0.717) is 18.8 Å². The lowest BCUT2D eigenvalue weighted by atomic mass is 10.1. The van der Waals surface area contributed by atoms with Crippen molar-refractivity contribution >= 4 is 28.6 Å². The van der Waals surface area contributed by atoms with Crippen LogP contribution in [0.25, 0.3) is 0 Å². The summed E-state index contributed by atoms with van der Waals surface area (Å²) in [5, 5.41) is 3.24. The van der Waals surface area contributed by atoms with Crippen molar-refractivity contribution in [2.24, 2.45) is 0 Å². The Balaban J connectivity index is 2.21. The third kappa shape index (κ3) is 3.72. The standard InChI is InChI=1S/C15H18ClFN2S/c1-3-18-9-11-5-4-6-13(17)15(11)19(2)10-12-7-8-14(16)20-12/h4-8,18H,3,9-10H2,1-2H3. The van der Waals surface area contributed by atoms with E-state index in [1.54, 1.807) is 6.07 Å². The van der Waals surface area contributed by atoms with E-state index in [2.05, 4.69) is 5.32 Å². The molecule has 0 aliphatic rings. The third-order valence-electron chi connectivity index (χ3n) is 3.04. The minimum atomic E-state index is -0.189. The van der Waals surface area contributed by atoms with Crippen molar-refractivity contribution in [2.45, 2.75) is 20.0 Å². The second-order valence-corrected chi connectivity index (χ2v) is 6.39. The predicted molar refractivity (Wildman–Crippen MR) is 85.2 cm³/mol. The summed E-state index contributed by atoms with van der Waals surface area (Å²) in [5.74, 6) is -0.189. The van der Waals surface area contributed by atoms with Gasteiger partial charge in [0.05, 0.1) is 16.6 Å². The molecule has 0 aliphatic carbocycles. The van der Waals surface area contributed by atoms with Gasteiger partial charge in [-0.3, -0.25) is 0 Å². The van der Waals surface area contributed by atoms with Gasteiger partial charge in [-0.1, -0.05) is 30.7 Å². The lowest BCUT2D eigenvalue weighted by Crippen LogP contribution is -2.21. The molecule has 2 rings (SSSR count). The lowest BCUT2D eigenvalue weighted by Gasteiger charge is -2.22. The first-order valence-electron chi connectivity index (χ1n) is 6.55. The van der Waals surface area contributed by atoms with E-state index in [9.17, 15) is 4.39 Å². The molecule has 0 radical (unpaired) electrons. The van der Waals surface area contributed by atoms with Gasteiger partial charge in [0.1, 0.15) is 5.82 Å². The highest BCUT2D eigenvalue weighted by Gasteiger charge is 2.13. The molecule has 0 amide bonds. The number of para-hydroxylation sites is 1. The van der Waals surface area contributed by atoms with Gasteiger partial charge < -0.3 is 10.2 Å². The highest BCUT2D eigenvalue weighted by Crippen LogP contribution is 2.28. The maximum atomic E-state index is 14.1. The van der Waals surface area contributed by atoms with Gasteiger partial charge in [-0.25, -0.2) is 4.39 Å². The topological polar surface area (TPSA) is 15.3 Å². The summed E-state index contributed by atoms with van der Waals surface area (Å²) in [6.07, 6.45) is 0. The molecule has 1 heterocycles. The fraction of sp³-hybridized carbons (Fsp3) is 0.333. The fourth-order valence-electron chi connectivity index (χ4n) is 2.14. The SMILES string of the molecule is CCNCc1cccc(F)c1N(C)Cc1ccc(Cl)s1. The molecule has 0 atom stereocenters. The quantitative estimate of drug-likeness (QED) is 0.856. The van der Waals surface area contributed by atoms with E-state index >= 15 is 0 Å². The van der Waals surface area contributed by atoms with Crippen molar-refractivity contribution in [1.82, 2.24) is 5.32 Å². The number of nitrogens with one attached hydrogen (secondary N) is 1. The maximum absolute atomic E-state index is 14.1. The fourth-order valence-corrected chi connectivity index (χ4v) is 3.28. The van der Waals surface area contributed by atoms with Crippen molar-refractivity contribution in [3.05, 3.63) is 50.9 Å². The van der Waals surface area contributed by atoms with E-state index < -0.39 is 0 Å². The normalized spacial score (nSPS) is 10.8. The second kappa shape index (κ2) is 7.07. The van der Waals surface area contributed by atoms with Gasteiger partial charge >= 0.3 is 0 Å². The molecular formula is C15H18ClFN2S. The number of benzene rings is 1. The lowest BCUT2D eigenvalue weighted by molar-refractivity contribution is 0.616. The Labute approximate surface area is 128 Å². The summed E-state index contributed by atoms with van der Waals surface area (Å²) >= 11 is 7.46. The number of rotatable bonds is 6. The summed E-state index contributed by atoms with van der Waals surface area (Å²) in [6.45, 7) is 4.22. The van der Waals surface area contributed by atoms with Crippen LogP contribution in [0.3, 0.4) is 0 Å². The van der Waals surface area contributed by atoms with Crippen LogP contribution in [0.15, 0.2) is 30.3 Å². The van der Waals surface area contributed by atoms with Gasteiger partial charge in [-0.2, -0.15) is 0 Å². The van der Waals surface area contributed by atoms with Crippen LogP contribution in [0.2, 0.25) is 4.34 Å². The summed E-state index contributed by atoms with van der Waals surface area (Å²) in [7, 11) is 1.90. The van der Waals surface area contributed by atoms with Crippen LogP contribution >= 0.6 is 22.9 Å². The number of hydrogen-bond acceptors (Lipinski definition) is 3. The monoisotopic (exact) mass is 312 g/mol. The van der Waals surface area contributed by atoms with Crippen molar-refractivity contribution in [2.75, 3.05) is 18.5 Å². The van der Waals surface area contributed by atoms with Gasteiger partial charge in [0.15, 0.2) is 0 Å². The van der Waals surface area contributed by atoms with Gasteiger partial charge in [-0.15, -0.1) is 11.3 Å². The summed E-state index contributed by atoms with van der Waals surface area (Å²) in [4.78, 5) is 3.06. The van der Waals surface area contributed by atoms with Crippen molar-refractivity contribution < 1.29 is 4.39 Å². The van der Waals surface area contributed by atoms with E-state index in [1.165, 1.54) is 17.4 Å². The van der Waals surface area contributed by atoms with Gasteiger partial charge in [0.25, 0.3) is 0 Å². The molecule has 0 saturated carbocycles. The Hall–Kier alpha value is -1.10. The molecule has 108 valence electrons. The highest BCUT2D eigenvalue weighted by atomic mass is 35.5. The smallest absolute Gasteiger partial charge is 0.146 e. The number of thiophene rings is 1. The zero-order chi connectivity index (χ0) is 14.5. The second-order valence-electron chi connectivity index (χ2n) is 4.59. The molecule has 0 unspecified atom stereocenters. The predicted octanol–water partition coefficient (Wildman–Crippen LogP) is 4.29. The first-order chi connectivity index (χ1) is 9.61. The summed E-state index contributed by atoms with van der Waals surface area (Å²) in [5.41, 5.74) is 1.62. The maximum Gasteiger partial charge on any atom is 0.146 e. The van der Waals surface area contributed by atoms with Gasteiger partial charge in [-0.05, 0) is 30.3 Å². The third-order valence-corrected chi connectivity index (χ3v) is 4.26. The molecule has 20 heavy (non-hydrogen) atoms. The number of halogens is 2. The van der Waals surface area contributed by atoms with Crippen LogP contribution in [0, 0.1) is 5.82 Å². The van der Waals surface area contributed by atoms with Crippen LogP contribution in [0.1, 0.15) is 17.4 Å². The first-order valence-corrected chi connectivity index (χ1v) is 7.74. The molecule has 1 aromatic carbocycles. The van der Waals surface area contributed by atoms with Crippen LogP contribution < -0.4 is 10.2 Å². The number of hydrogen-bond donors (Lipinski definition) is 1.